The SMILES string of the molecule is O=c1ccc(-c2ccc([N+](=O)[O-])cc2Cl)n[nH]1. The van der Waals surface area contributed by atoms with E-state index in [4.69, 9.17) is 11.6 Å². The van der Waals surface area contributed by atoms with Gasteiger partial charge >= 0.3 is 0 Å². The zero-order valence-electron chi connectivity index (χ0n) is 8.38. The summed E-state index contributed by atoms with van der Waals surface area (Å²) in [6, 6.07) is 6.85. The maximum absolute atomic E-state index is 10.8. The summed E-state index contributed by atoms with van der Waals surface area (Å²) in [5, 5.41) is 16.8. The van der Waals surface area contributed by atoms with Crippen LogP contribution in [-0.4, -0.2) is 15.1 Å². The lowest BCUT2D eigenvalue weighted by Gasteiger charge is -2.02. The molecule has 0 saturated heterocycles. The lowest BCUT2D eigenvalue weighted by molar-refractivity contribution is -0.384. The summed E-state index contributed by atoms with van der Waals surface area (Å²) in [5.74, 6) is 0. The van der Waals surface area contributed by atoms with Crippen LogP contribution in [0.2, 0.25) is 5.02 Å². The van der Waals surface area contributed by atoms with Crippen LogP contribution in [0.25, 0.3) is 11.3 Å². The van der Waals surface area contributed by atoms with Crippen molar-refractivity contribution in [1.29, 1.82) is 0 Å². The zero-order valence-corrected chi connectivity index (χ0v) is 9.14. The van der Waals surface area contributed by atoms with Gasteiger partial charge in [-0.2, -0.15) is 5.10 Å². The van der Waals surface area contributed by atoms with E-state index in [2.05, 4.69) is 10.2 Å². The summed E-state index contributed by atoms with van der Waals surface area (Å²) in [6.07, 6.45) is 0. The van der Waals surface area contributed by atoms with Gasteiger partial charge in [-0.05, 0) is 12.1 Å². The number of nitro benzene ring substituents is 1. The second-order valence-electron chi connectivity index (χ2n) is 3.23. The highest BCUT2D eigenvalue weighted by Gasteiger charge is 2.11. The van der Waals surface area contributed by atoms with Crippen molar-refractivity contribution in [2.75, 3.05) is 0 Å². The van der Waals surface area contributed by atoms with E-state index in [0.29, 0.717) is 11.3 Å². The third-order valence-corrected chi connectivity index (χ3v) is 2.43. The average molecular weight is 252 g/mol. The molecule has 17 heavy (non-hydrogen) atoms. The van der Waals surface area contributed by atoms with Gasteiger partial charge in [0.05, 0.1) is 15.6 Å². The molecule has 0 atom stereocenters. The van der Waals surface area contributed by atoms with Crippen LogP contribution in [0, 0.1) is 10.1 Å². The fourth-order valence-electron chi connectivity index (χ4n) is 1.32. The smallest absolute Gasteiger partial charge is 0.268 e. The summed E-state index contributed by atoms with van der Waals surface area (Å²) < 4.78 is 0. The van der Waals surface area contributed by atoms with Gasteiger partial charge in [-0.25, -0.2) is 5.10 Å². The quantitative estimate of drug-likeness (QED) is 0.653. The third-order valence-electron chi connectivity index (χ3n) is 2.12. The second kappa shape index (κ2) is 4.34. The lowest BCUT2D eigenvalue weighted by atomic mass is 10.1. The predicted molar refractivity (Wildman–Crippen MR) is 62.0 cm³/mol. The normalized spacial score (nSPS) is 10.2. The number of rotatable bonds is 2. The molecule has 0 amide bonds. The Labute approximate surface area is 100 Å². The average Bonchev–Trinajstić information content (AvgIpc) is 2.30. The van der Waals surface area contributed by atoms with E-state index >= 15 is 0 Å². The minimum absolute atomic E-state index is 0.0943. The van der Waals surface area contributed by atoms with Crippen molar-refractivity contribution in [2.24, 2.45) is 0 Å². The number of aromatic nitrogens is 2. The number of nitrogens with one attached hydrogen (secondary N) is 1. The Kier molecular flexibility index (Phi) is 2.88. The highest BCUT2D eigenvalue weighted by atomic mass is 35.5. The summed E-state index contributed by atoms with van der Waals surface area (Å²) >= 11 is 5.91. The highest BCUT2D eigenvalue weighted by molar-refractivity contribution is 6.33. The molecule has 2 rings (SSSR count). The van der Waals surface area contributed by atoms with Gasteiger partial charge in [0, 0.05) is 23.8 Å². The number of nitrogens with zero attached hydrogens (tertiary/aromatic N) is 2. The molecule has 7 heteroatoms. The number of nitro groups is 1. The summed E-state index contributed by atoms with van der Waals surface area (Å²) in [7, 11) is 0. The van der Waals surface area contributed by atoms with Crippen molar-refractivity contribution >= 4 is 17.3 Å². The summed E-state index contributed by atoms with van der Waals surface area (Å²) in [5.41, 5.74) is 0.549. The monoisotopic (exact) mass is 251 g/mol. The van der Waals surface area contributed by atoms with Crippen molar-refractivity contribution in [3.63, 3.8) is 0 Å². The first-order valence-corrected chi connectivity index (χ1v) is 4.96. The molecule has 0 aliphatic heterocycles. The number of non-ortho nitro benzene ring substituents is 1. The van der Waals surface area contributed by atoms with Gasteiger partial charge in [0.15, 0.2) is 0 Å². The van der Waals surface area contributed by atoms with Crippen LogP contribution in [-0.2, 0) is 0 Å². The molecule has 0 spiro atoms. The topological polar surface area (TPSA) is 88.9 Å². The molecular weight excluding hydrogens is 246 g/mol. The predicted octanol–water partition coefficient (Wildman–Crippen LogP) is 2.00. The first kappa shape index (κ1) is 11.3. The van der Waals surface area contributed by atoms with Gasteiger partial charge in [0.25, 0.3) is 11.2 Å². The molecule has 0 fully saturated rings. The van der Waals surface area contributed by atoms with Gasteiger partial charge in [0.1, 0.15) is 0 Å². The van der Waals surface area contributed by atoms with Gasteiger partial charge in [-0.3, -0.25) is 14.9 Å². The minimum atomic E-state index is -0.532. The highest BCUT2D eigenvalue weighted by Crippen LogP contribution is 2.29. The van der Waals surface area contributed by atoms with E-state index in [1.54, 1.807) is 0 Å². The van der Waals surface area contributed by atoms with E-state index in [-0.39, 0.29) is 16.3 Å². The first-order chi connectivity index (χ1) is 8.08. The maximum atomic E-state index is 10.8. The molecule has 0 bridgehead atoms. The fraction of sp³-hybridized carbons (Fsp3) is 0. The maximum Gasteiger partial charge on any atom is 0.270 e. The Bertz CT molecular complexity index is 618. The van der Waals surface area contributed by atoms with Crippen LogP contribution in [0.15, 0.2) is 35.1 Å². The van der Waals surface area contributed by atoms with E-state index in [1.807, 2.05) is 0 Å². The fourth-order valence-corrected chi connectivity index (χ4v) is 1.59. The van der Waals surface area contributed by atoms with Crippen LogP contribution in [0.3, 0.4) is 0 Å². The van der Waals surface area contributed by atoms with Crippen molar-refractivity contribution in [3.05, 3.63) is 55.8 Å². The first-order valence-electron chi connectivity index (χ1n) is 4.58. The molecule has 1 aromatic heterocycles. The van der Waals surface area contributed by atoms with Gasteiger partial charge in [0.2, 0.25) is 0 Å². The number of benzene rings is 1. The third kappa shape index (κ3) is 2.31. The Balaban J connectivity index is 2.50. The summed E-state index contributed by atoms with van der Waals surface area (Å²) in [4.78, 5) is 20.8. The number of halogens is 1. The molecule has 0 unspecified atom stereocenters. The molecule has 6 nitrogen and oxygen atoms in total. The van der Waals surface area contributed by atoms with E-state index in [0.717, 1.165) is 0 Å². The standard InChI is InChI=1S/C10H6ClN3O3/c11-8-5-6(14(16)17)1-2-7(8)9-3-4-10(15)13-12-9/h1-5H,(H,13,15). The van der Waals surface area contributed by atoms with Crippen molar-refractivity contribution < 1.29 is 4.92 Å². The molecule has 1 N–H and O–H groups in total. The van der Waals surface area contributed by atoms with E-state index < -0.39 is 4.92 Å². The number of H-pyrrole nitrogens is 1. The van der Waals surface area contributed by atoms with Crippen LogP contribution in [0.4, 0.5) is 5.69 Å². The Morgan fingerprint density at radius 1 is 1.29 bits per heavy atom. The van der Waals surface area contributed by atoms with Crippen molar-refractivity contribution in [3.8, 4) is 11.3 Å². The molecular formula is C10H6ClN3O3. The molecule has 0 aliphatic carbocycles. The molecule has 1 heterocycles. The van der Waals surface area contributed by atoms with Crippen LogP contribution in [0.5, 0.6) is 0 Å². The van der Waals surface area contributed by atoms with E-state index in [9.17, 15) is 14.9 Å². The van der Waals surface area contributed by atoms with Crippen molar-refractivity contribution in [1.82, 2.24) is 10.2 Å². The lowest BCUT2D eigenvalue weighted by Crippen LogP contribution is -2.05. The molecule has 0 aliphatic rings. The number of hydrogen-bond donors (Lipinski definition) is 1. The van der Waals surface area contributed by atoms with Crippen LogP contribution >= 0.6 is 11.6 Å². The Hall–Kier alpha value is -2.21. The van der Waals surface area contributed by atoms with Crippen LogP contribution < -0.4 is 5.56 Å². The Morgan fingerprint density at radius 2 is 2.06 bits per heavy atom. The van der Waals surface area contributed by atoms with Gasteiger partial charge in [-0.15, -0.1) is 0 Å². The number of hydrogen-bond acceptors (Lipinski definition) is 4. The largest absolute Gasteiger partial charge is 0.270 e. The molecule has 0 radical (unpaired) electrons. The minimum Gasteiger partial charge on any atom is -0.268 e. The van der Waals surface area contributed by atoms with E-state index in [1.165, 1.54) is 30.3 Å². The van der Waals surface area contributed by atoms with Crippen LogP contribution in [0.1, 0.15) is 0 Å². The van der Waals surface area contributed by atoms with Gasteiger partial charge in [-0.1, -0.05) is 11.6 Å². The van der Waals surface area contributed by atoms with Crippen molar-refractivity contribution in [2.45, 2.75) is 0 Å². The van der Waals surface area contributed by atoms with Gasteiger partial charge < -0.3 is 0 Å². The molecule has 86 valence electrons. The number of aromatic amines is 1. The molecule has 2 aromatic rings. The summed E-state index contributed by atoms with van der Waals surface area (Å²) in [6.45, 7) is 0. The second-order valence-corrected chi connectivity index (χ2v) is 3.63. The molecule has 1 aromatic carbocycles. The molecule has 0 saturated carbocycles. The zero-order chi connectivity index (χ0) is 12.4. The Morgan fingerprint density at radius 3 is 2.59 bits per heavy atom.